The maximum atomic E-state index is 15.5. The van der Waals surface area contributed by atoms with Crippen LogP contribution in [-0.2, 0) is 31.0 Å². The normalized spacial score (nSPS) is 22.4. The van der Waals surface area contributed by atoms with Crippen molar-refractivity contribution in [1.29, 1.82) is 0 Å². The second kappa shape index (κ2) is 17.4. The molecule has 0 unspecified atom stereocenters. The molecule has 62 heavy (non-hydrogen) atoms. The minimum Gasteiger partial charge on any atom is -0.497 e. The highest BCUT2D eigenvalue weighted by Crippen LogP contribution is 2.65. The Morgan fingerprint density at radius 3 is 2.24 bits per heavy atom. The number of anilines is 1. The molecular formula is C51H44N4O7. The summed E-state index contributed by atoms with van der Waals surface area (Å²) in [5.74, 6) is 4.85. The number of aromatic nitrogens is 1. The Balaban J connectivity index is 1.28. The van der Waals surface area contributed by atoms with E-state index in [4.69, 9.17) is 14.2 Å². The zero-order valence-electron chi connectivity index (χ0n) is 33.9. The van der Waals surface area contributed by atoms with Crippen molar-refractivity contribution in [2.24, 2.45) is 5.92 Å². The van der Waals surface area contributed by atoms with Crippen LogP contribution < -0.4 is 20.1 Å². The maximum absolute atomic E-state index is 15.5. The molecule has 2 saturated heterocycles. The molecule has 0 bridgehead atoms. The molecule has 1 aromatic heterocycles. The van der Waals surface area contributed by atoms with Crippen LogP contribution in [-0.4, -0.2) is 65.7 Å². The van der Waals surface area contributed by atoms with Crippen molar-refractivity contribution in [3.63, 3.8) is 0 Å². The molecule has 6 atom stereocenters. The van der Waals surface area contributed by atoms with Crippen molar-refractivity contribution >= 4 is 23.5 Å². The zero-order valence-corrected chi connectivity index (χ0v) is 33.9. The van der Waals surface area contributed by atoms with E-state index >= 15 is 14.4 Å². The summed E-state index contributed by atoms with van der Waals surface area (Å²) in [6.45, 7) is 0.0424. The second-order valence-corrected chi connectivity index (χ2v) is 15.5. The summed E-state index contributed by atoms with van der Waals surface area (Å²) in [7, 11) is 1.61. The highest BCUT2D eigenvalue weighted by molar-refractivity contribution is 6.12. The topological polar surface area (TPSA) is 139 Å². The first-order chi connectivity index (χ1) is 30.4. The Bertz CT molecular complexity index is 2650. The first-order valence-corrected chi connectivity index (χ1v) is 20.6. The van der Waals surface area contributed by atoms with Crippen LogP contribution in [0, 0.1) is 17.8 Å². The molecule has 11 heteroatoms. The van der Waals surface area contributed by atoms with Gasteiger partial charge in [0.25, 0.3) is 0 Å². The molecule has 0 aliphatic carbocycles. The van der Waals surface area contributed by atoms with Crippen molar-refractivity contribution < 1.29 is 33.7 Å². The first kappa shape index (κ1) is 40.2. The van der Waals surface area contributed by atoms with E-state index in [1.165, 1.54) is 0 Å². The lowest BCUT2D eigenvalue weighted by molar-refractivity contribution is -0.178. The van der Waals surface area contributed by atoms with Crippen molar-refractivity contribution in [1.82, 2.24) is 15.2 Å². The molecule has 0 radical (unpaired) electrons. The summed E-state index contributed by atoms with van der Waals surface area (Å²) in [6, 6.07) is 42.3. The van der Waals surface area contributed by atoms with E-state index in [-0.39, 0.29) is 19.8 Å². The van der Waals surface area contributed by atoms with Crippen LogP contribution in [0.3, 0.4) is 0 Å². The number of aliphatic hydroxyl groups is 1. The van der Waals surface area contributed by atoms with Gasteiger partial charge in [-0.05, 0) is 89.0 Å². The number of carbonyl (C=O) groups is 3. The summed E-state index contributed by atoms with van der Waals surface area (Å²) < 4.78 is 17.8. The Morgan fingerprint density at radius 2 is 1.52 bits per heavy atom. The molecule has 1 spiro atoms. The van der Waals surface area contributed by atoms with E-state index in [2.05, 4.69) is 27.5 Å². The molecule has 3 N–H and O–H groups in total. The van der Waals surface area contributed by atoms with Gasteiger partial charge in [0.1, 0.15) is 35.7 Å². The van der Waals surface area contributed by atoms with Gasteiger partial charge < -0.3 is 30.0 Å². The van der Waals surface area contributed by atoms with Crippen LogP contribution in [0.2, 0.25) is 0 Å². The number of morpholine rings is 1. The fraction of sp³-hybridized carbons (Fsp3) is 0.216. The van der Waals surface area contributed by atoms with Crippen molar-refractivity contribution in [2.45, 2.75) is 36.1 Å². The van der Waals surface area contributed by atoms with Crippen molar-refractivity contribution in [2.75, 3.05) is 32.2 Å². The number of rotatable bonds is 11. The average molecular weight is 825 g/mol. The molecule has 5 aromatic carbocycles. The Labute approximate surface area is 359 Å². The molecule has 310 valence electrons. The number of carbonyl (C=O) groups excluding carboxylic acids is 3. The lowest BCUT2D eigenvalue weighted by Gasteiger charge is -2.46. The number of nitrogens with one attached hydrogen (secondary N) is 2. The third kappa shape index (κ3) is 7.33. The summed E-state index contributed by atoms with van der Waals surface area (Å²) in [4.78, 5) is 52.4. The number of pyridine rings is 1. The first-order valence-electron chi connectivity index (χ1n) is 20.6. The molecule has 9 rings (SSSR count). The van der Waals surface area contributed by atoms with E-state index in [0.29, 0.717) is 40.3 Å². The minimum atomic E-state index is -1.71. The predicted molar refractivity (Wildman–Crippen MR) is 232 cm³/mol. The van der Waals surface area contributed by atoms with E-state index < -0.39 is 53.3 Å². The lowest BCUT2D eigenvalue weighted by atomic mass is 9.65. The number of aliphatic hydroxyl groups excluding tert-OH is 1. The van der Waals surface area contributed by atoms with Crippen molar-refractivity contribution in [3.8, 4) is 23.3 Å². The molecule has 11 nitrogen and oxygen atoms in total. The van der Waals surface area contributed by atoms with Gasteiger partial charge in [0.15, 0.2) is 0 Å². The Hall–Kier alpha value is -7.26. The molecule has 0 saturated carbocycles. The standard InChI is InChI=1S/C51H44N4O7/c1-60-39-23-20-33(21-24-39)18-19-34-22-25-42-41(31-34)51(50(59)54-42)43(48(57)53-28-26-38-16-8-9-27-52-38)45-49(58)62-46(36-13-6-3-7-14-36)44(35-11-4-2-5-12-35)55(45)47(51)37-15-10-17-40(32-37)61-30-29-56/h2-17,20-25,27,31-32,43-47,56H,26,28-30H2,1H3,(H,53,57)(H,54,59)/t43-,44-,45-,46+,47+,51-/m0/s1. The fourth-order valence-corrected chi connectivity index (χ4v) is 9.40. The second-order valence-electron chi connectivity index (χ2n) is 15.5. The van der Waals surface area contributed by atoms with Crippen LogP contribution in [0.1, 0.15) is 57.3 Å². The molecule has 2 amide bonds. The number of hydrogen-bond acceptors (Lipinski definition) is 9. The third-order valence-electron chi connectivity index (χ3n) is 12.0. The van der Waals surface area contributed by atoms with Crippen LogP contribution in [0.5, 0.6) is 11.5 Å². The van der Waals surface area contributed by atoms with Gasteiger partial charge in [-0.15, -0.1) is 0 Å². The molecule has 6 aromatic rings. The number of amides is 2. The van der Waals surface area contributed by atoms with Gasteiger partial charge in [0, 0.05) is 41.7 Å². The number of cyclic esters (lactones) is 1. The quantitative estimate of drug-likeness (QED) is 0.0989. The number of esters is 1. The SMILES string of the molecule is COc1ccc(C#Cc2ccc3c(c2)[C@]2(C(=O)N3)[C@H](C(=O)NCCc3ccccn3)[C@H]3C(=O)O[C@H](c4ccccc4)[C@H](c4ccccc4)N3[C@@H]2c2cccc(OCCO)c2)cc1. The summed E-state index contributed by atoms with van der Waals surface area (Å²) in [5, 5.41) is 16.0. The monoisotopic (exact) mass is 824 g/mol. The lowest BCUT2D eigenvalue weighted by Crippen LogP contribution is -2.55. The predicted octanol–water partition coefficient (Wildman–Crippen LogP) is 6.49. The van der Waals surface area contributed by atoms with E-state index in [0.717, 1.165) is 22.4 Å². The van der Waals surface area contributed by atoms with Gasteiger partial charge in [-0.3, -0.25) is 24.3 Å². The van der Waals surface area contributed by atoms with Crippen LogP contribution in [0.25, 0.3) is 0 Å². The molecular weight excluding hydrogens is 781 g/mol. The average Bonchev–Trinajstić information content (AvgIpc) is 3.80. The fourth-order valence-electron chi connectivity index (χ4n) is 9.40. The maximum Gasteiger partial charge on any atom is 0.324 e. The van der Waals surface area contributed by atoms with E-state index in [1.54, 1.807) is 19.4 Å². The molecule has 3 aliphatic rings. The highest BCUT2D eigenvalue weighted by Gasteiger charge is 2.74. The number of nitrogens with zero attached hydrogens (tertiary/aromatic N) is 2. The largest absolute Gasteiger partial charge is 0.497 e. The van der Waals surface area contributed by atoms with Gasteiger partial charge in [0.2, 0.25) is 11.8 Å². The summed E-state index contributed by atoms with van der Waals surface area (Å²) >= 11 is 0. The van der Waals surface area contributed by atoms with E-state index in [9.17, 15) is 5.11 Å². The van der Waals surface area contributed by atoms with E-state index in [1.807, 2.05) is 144 Å². The Morgan fingerprint density at radius 1 is 0.806 bits per heavy atom. The van der Waals surface area contributed by atoms with Crippen LogP contribution >= 0.6 is 0 Å². The van der Waals surface area contributed by atoms with Gasteiger partial charge in [-0.25, -0.2) is 0 Å². The Kier molecular flexibility index (Phi) is 11.3. The molecule has 3 aliphatic heterocycles. The van der Waals surface area contributed by atoms with Gasteiger partial charge >= 0.3 is 5.97 Å². The summed E-state index contributed by atoms with van der Waals surface area (Å²) in [5.41, 5.74) is 3.72. The van der Waals surface area contributed by atoms with Gasteiger partial charge in [0.05, 0.1) is 31.7 Å². The zero-order chi connectivity index (χ0) is 42.6. The van der Waals surface area contributed by atoms with Crippen LogP contribution in [0.4, 0.5) is 5.69 Å². The molecule has 4 heterocycles. The number of ether oxygens (including phenoxy) is 3. The van der Waals surface area contributed by atoms with Gasteiger partial charge in [-0.2, -0.15) is 0 Å². The molecule has 2 fully saturated rings. The van der Waals surface area contributed by atoms with Crippen LogP contribution in [0.15, 0.2) is 152 Å². The number of fused-ring (bicyclic) bond motifs is 3. The number of hydrogen-bond donors (Lipinski definition) is 3. The summed E-state index contributed by atoms with van der Waals surface area (Å²) in [6.07, 6.45) is 1.31. The number of benzene rings is 5. The minimum absolute atomic E-state index is 0.0432. The third-order valence-corrected chi connectivity index (χ3v) is 12.0. The highest BCUT2D eigenvalue weighted by atomic mass is 16.6. The van der Waals surface area contributed by atoms with Crippen molar-refractivity contribution in [3.05, 3.63) is 191 Å². The smallest absolute Gasteiger partial charge is 0.324 e. The van der Waals surface area contributed by atoms with Gasteiger partial charge in [-0.1, -0.05) is 90.7 Å². The number of methoxy groups -OCH3 is 1.